The third-order valence-electron chi connectivity index (χ3n) is 3.73. The molecular formula is C18H18N4O2. The molecule has 0 bridgehead atoms. The maximum absolute atomic E-state index is 12.1. The Balaban J connectivity index is 1.72. The number of rotatable bonds is 4. The predicted molar refractivity (Wildman–Crippen MR) is 92.9 cm³/mol. The molecule has 1 heterocycles. The van der Waals surface area contributed by atoms with Gasteiger partial charge in [0.25, 0.3) is 5.91 Å². The van der Waals surface area contributed by atoms with E-state index in [0.29, 0.717) is 11.3 Å². The molecule has 0 fully saturated rings. The van der Waals surface area contributed by atoms with Crippen molar-refractivity contribution in [1.82, 2.24) is 15.0 Å². The fraction of sp³-hybridized carbons (Fsp3) is 0.167. The summed E-state index contributed by atoms with van der Waals surface area (Å²) < 4.78 is 1.76. The number of fused-ring (bicyclic) bond motifs is 1. The number of hydrogen-bond acceptors (Lipinski definition) is 4. The molecule has 0 spiro atoms. The number of hydrazone groups is 1. The van der Waals surface area contributed by atoms with Gasteiger partial charge in [0.05, 0.1) is 23.1 Å². The summed E-state index contributed by atoms with van der Waals surface area (Å²) in [5, 5.41) is 14.0. The molecular weight excluding hydrogens is 304 g/mol. The fourth-order valence-corrected chi connectivity index (χ4v) is 2.47. The molecule has 122 valence electrons. The van der Waals surface area contributed by atoms with Gasteiger partial charge in [-0.1, -0.05) is 23.8 Å². The lowest BCUT2D eigenvalue weighted by molar-refractivity contribution is -0.121. The maximum Gasteiger partial charge on any atom is 0.260 e. The van der Waals surface area contributed by atoms with Gasteiger partial charge < -0.3 is 9.67 Å². The van der Waals surface area contributed by atoms with Gasteiger partial charge >= 0.3 is 0 Å². The van der Waals surface area contributed by atoms with Gasteiger partial charge in [0, 0.05) is 5.56 Å². The molecule has 2 aromatic carbocycles. The molecule has 3 rings (SSSR count). The number of carbonyl (C=O) groups excluding carboxylic acids is 1. The second-order valence-electron chi connectivity index (χ2n) is 5.61. The number of phenolic OH excluding ortho intramolecular Hbond substituents is 1. The van der Waals surface area contributed by atoms with Crippen LogP contribution in [0.15, 0.2) is 53.9 Å². The van der Waals surface area contributed by atoms with E-state index in [0.717, 1.165) is 16.6 Å². The summed E-state index contributed by atoms with van der Waals surface area (Å²) in [6, 6.07) is 12.9. The number of phenols is 1. The topological polar surface area (TPSA) is 79.5 Å². The van der Waals surface area contributed by atoms with Gasteiger partial charge in [-0.25, -0.2) is 10.4 Å². The van der Waals surface area contributed by atoms with E-state index in [1.54, 1.807) is 23.9 Å². The average molecular weight is 322 g/mol. The Bertz CT molecular complexity index is 928. The highest BCUT2D eigenvalue weighted by molar-refractivity contribution is 6.01. The highest BCUT2D eigenvalue weighted by Gasteiger charge is 2.08. The lowest BCUT2D eigenvalue weighted by Crippen LogP contribution is -2.24. The summed E-state index contributed by atoms with van der Waals surface area (Å²) in [6.45, 7) is 3.79. The fourth-order valence-electron chi connectivity index (χ4n) is 2.47. The molecule has 1 aromatic heterocycles. The van der Waals surface area contributed by atoms with Crippen molar-refractivity contribution in [3.63, 3.8) is 0 Å². The Morgan fingerprint density at radius 1 is 1.29 bits per heavy atom. The number of para-hydroxylation sites is 2. The minimum atomic E-state index is -0.260. The van der Waals surface area contributed by atoms with Crippen molar-refractivity contribution < 1.29 is 9.90 Å². The third kappa shape index (κ3) is 3.27. The maximum atomic E-state index is 12.1. The van der Waals surface area contributed by atoms with E-state index >= 15 is 0 Å². The predicted octanol–water partition coefficient (Wildman–Crippen LogP) is 2.59. The Morgan fingerprint density at radius 3 is 2.92 bits per heavy atom. The van der Waals surface area contributed by atoms with E-state index in [1.807, 2.05) is 43.3 Å². The van der Waals surface area contributed by atoms with E-state index in [4.69, 9.17) is 0 Å². The lowest BCUT2D eigenvalue weighted by Gasteiger charge is -2.07. The van der Waals surface area contributed by atoms with E-state index in [-0.39, 0.29) is 18.2 Å². The molecule has 24 heavy (non-hydrogen) atoms. The van der Waals surface area contributed by atoms with Gasteiger partial charge in [0.15, 0.2) is 0 Å². The van der Waals surface area contributed by atoms with Crippen molar-refractivity contribution in [3.05, 3.63) is 59.9 Å². The van der Waals surface area contributed by atoms with Gasteiger partial charge in [-0.2, -0.15) is 5.10 Å². The van der Waals surface area contributed by atoms with Crippen LogP contribution in [0.1, 0.15) is 18.1 Å². The van der Waals surface area contributed by atoms with E-state index in [2.05, 4.69) is 15.5 Å². The van der Waals surface area contributed by atoms with Crippen LogP contribution in [0.25, 0.3) is 11.0 Å². The molecule has 0 aliphatic carbocycles. The molecule has 6 heteroatoms. The number of aromatic hydroxyl groups is 1. The minimum absolute atomic E-state index is 0.122. The number of aryl methyl sites for hydroxylation is 1. The van der Waals surface area contributed by atoms with Crippen molar-refractivity contribution in [2.75, 3.05) is 0 Å². The SMILES string of the molecule is C/C(=N\NC(=O)Cn1cnc2ccccc21)c1cc(C)ccc1O. The van der Waals surface area contributed by atoms with E-state index in [1.165, 1.54) is 0 Å². The molecule has 6 nitrogen and oxygen atoms in total. The van der Waals surface area contributed by atoms with Crippen LogP contribution in [0.5, 0.6) is 5.75 Å². The van der Waals surface area contributed by atoms with Crippen LogP contribution in [-0.4, -0.2) is 26.3 Å². The van der Waals surface area contributed by atoms with Crippen LogP contribution in [0.4, 0.5) is 0 Å². The average Bonchev–Trinajstić information content (AvgIpc) is 2.98. The molecule has 0 unspecified atom stereocenters. The normalized spacial score (nSPS) is 11.7. The Hall–Kier alpha value is -3.15. The first-order chi connectivity index (χ1) is 11.5. The van der Waals surface area contributed by atoms with E-state index < -0.39 is 0 Å². The Labute approximate surface area is 139 Å². The quantitative estimate of drug-likeness (QED) is 0.572. The summed E-state index contributed by atoms with van der Waals surface area (Å²) in [6.07, 6.45) is 1.63. The molecule has 0 aliphatic heterocycles. The van der Waals surface area contributed by atoms with Gasteiger partial charge in [0.1, 0.15) is 12.3 Å². The summed E-state index contributed by atoms with van der Waals surface area (Å²) in [5.74, 6) is -0.124. The summed E-state index contributed by atoms with van der Waals surface area (Å²) >= 11 is 0. The largest absolute Gasteiger partial charge is 0.507 e. The standard InChI is InChI=1S/C18H18N4O2/c1-12-7-8-17(23)14(9-12)13(2)20-21-18(24)10-22-11-19-15-5-3-4-6-16(15)22/h3-9,11,23H,10H2,1-2H3,(H,21,24)/b20-13+. The number of aromatic nitrogens is 2. The number of amides is 1. The van der Waals surface area contributed by atoms with Crippen molar-refractivity contribution in [1.29, 1.82) is 0 Å². The van der Waals surface area contributed by atoms with Gasteiger partial charge in [-0.05, 0) is 38.1 Å². The van der Waals surface area contributed by atoms with Crippen molar-refractivity contribution in [3.8, 4) is 5.75 Å². The van der Waals surface area contributed by atoms with Crippen LogP contribution >= 0.6 is 0 Å². The molecule has 0 atom stereocenters. The first kappa shape index (κ1) is 15.7. The van der Waals surface area contributed by atoms with Gasteiger partial charge in [-0.3, -0.25) is 4.79 Å². The molecule has 0 saturated heterocycles. The number of nitrogens with one attached hydrogen (secondary N) is 1. The highest BCUT2D eigenvalue weighted by atomic mass is 16.3. The molecule has 0 aliphatic rings. The van der Waals surface area contributed by atoms with Crippen LogP contribution in [0, 0.1) is 6.92 Å². The van der Waals surface area contributed by atoms with Crippen LogP contribution in [-0.2, 0) is 11.3 Å². The molecule has 0 radical (unpaired) electrons. The van der Waals surface area contributed by atoms with Crippen LogP contribution in [0.3, 0.4) is 0 Å². The zero-order valence-corrected chi connectivity index (χ0v) is 13.5. The number of benzene rings is 2. The number of nitrogens with zero attached hydrogens (tertiary/aromatic N) is 3. The number of carbonyl (C=O) groups is 1. The smallest absolute Gasteiger partial charge is 0.260 e. The lowest BCUT2D eigenvalue weighted by atomic mass is 10.1. The summed E-state index contributed by atoms with van der Waals surface area (Å²) in [4.78, 5) is 16.4. The number of hydrogen-bond donors (Lipinski definition) is 2. The molecule has 1 amide bonds. The third-order valence-corrected chi connectivity index (χ3v) is 3.73. The molecule has 2 N–H and O–H groups in total. The second-order valence-corrected chi connectivity index (χ2v) is 5.61. The molecule has 3 aromatic rings. The first-order valence-corrected chi connectivity index (χ1v) is 7.57. The number of imidazole rings is 1. The summed E-state index contributed by atoms with van der Waals surface area (Å²) in [5.41, 5.74) is 6.41. The summed E-state index contributed by atoms with van der Waals surface area (Å²) in [7, 11) is 0. The first-order valence-electron chi connectivity index (χ1n) is 7.57. The Morgan fingerprint density at radius 2 is 2.08 bits per heavy atom. The second kappa shape index (κ2) is 6.54. The van der Waals surface area contributed by atoms with Gasteiger partial charge in [0.2, 0.25) is 0 Å². The highest BCUT2D eigenvalue weighted by Crippen LogP contribution is 2.18. The van der Waals surface area contributed by atoms with Crippen molar-refractivity contribution in [2.24, 2.45) is 5.10 Å². The Kier molecular flexibility index (Phi) is 4.29. The zero-order chi connectivity index (χ0) is 17.1. The minimum Gasteiger partial charge on any atom is -0.507 e. The van der Waals surface area contributed by atoms with Crippen LogP contribution in [0.2, 0.25) is 0 Å². The van der Waals surface area contributed by atoms with E-state index in [9.17, 15) is 9.90 Å². The monoisotopic (exact) mass is 322 g/mol. The molecule has 0 saturated carbocycles. The zero-order valence-electron chi connectivity index (χ0n) is 13.5. The van der Waals surface area contributed by atoms with Crippen molar-refractivity contribution >= 4 is 22.7 Å². The van der Waals surface area contributed by atoms with Crippen molar-refractivity contribution in [2.45, 2.75) is 20.4 Å². The van der Waals surface area contributed by atoms with Gasteiger partial charge in [-0.15, -0.1) is 0 Å². The van der Waals surface area contributed by atoms with Crippen LogP contribution < -0.4 is 5.43 Å².